The van der Waals surface area contributed by atoms with Crippen molar-refractivity contribution in [1.82, 2.24) is 15.8 Å². The fraction of sp³-hybridized carbons (Fsp3) is 0.150. The first-order valence-corrected chi connectivity index (χ1v) is 9.24. The number of halogens is 2. The summed E-state index contributed by atoms with van der Waals surface area (Å²) in [4.78, 5) is 29.7. The van der Waals surface area contributed by atoms with Gasteiger partial charge in [0, 0.05) is 22.0 Å². The first-order valence-electron chi connectivity index (χ1n) is 8.48. The first-order chi connectivity index (χ1) is 13.0. The number of nitrogens with zero attached hydrogens (tertiary/aromatic N) is 1. The quantitative estimate of drug-likeness (QED) is 0.637. The lowest BCUT2D eigenvalue weighted by atomic mass is 10.1. The van der Waals surface area contributed by atoms with E-state index in [1.165, 1.54) is 12.1 Å². The van der Waals surface area contributed by atoms with Crippen LogP contribution < -0.4 is 10.9 Å². The average Bonchev–Trinajstić information content (AvgIpc) is 3.52. The normalized spacial score (nSPS) is 13.4. The Morgan fingerprint density at radius 1 is 0.926 bits per heavy atom. The number of amides is 2. The predicted octanol–water partition coefficient (Wildman–Crippen LogP) is 4.49. The van der Waals surface area contributed by atoms with E-state index in [1.807, 2.05) is 24.3 Å². The molecule has 2 N–H and O–H groups in total. The summed E-state index contributed by atoms with van der Waals surface area (Å²) in [7, 11) is 0. The van der Waals surface area contributed by atoms with Gasteiger partial charge in [0.15, 0.2) is 0 Å². The van der Waals surface area contributed by atoms with E-state index in [9.17, 15) is 9.59 Å². The smallest absolute Gasteiger partial charge is 0.267 e. The van der Waals surface area contributed by atoms with Gasteiger partial charge in [-0.3, -0.25) is 25.4 Å². The lowest BCUT2D eigenvalue weighted by Gasteiger charge is -2.11. The van der Waals surface area contributed by atoms with Crippen LogP contribution in [0, 0.1) is 0 Å². The van der Waals surface area contributed by atoms with Crippen molar-refractivity contribution < 1.29 is 9.59 Å². The maximum atomic E-state index is 12.7. The standard InChI is InChI=1S/C20H15Cl2N3O2/c21-12-7-8-16(22)15(9-12)20(27)25-24-19(26)14-10-18(11-5-6-11)23-17-4-2-1-3-13(14)17/h1-4,7-11H,5-6H2,(H,24,26)(H,25,27). The van der Waals surface area contributed by atoms with Crippen LogP contribution in [0.2, 0.25) is 10.0 Å². The van der Waals surface area contributed by atoms with Crippen LogP contribution in [0.1, 0.15) is 45.2 Å². The zero-order valence-electron chi connectivity index (χ0n) is 14.1. The zero-order chi connectivity index (χ0) is 19.0. The van der Waals surface area contributed by atoms with E-state index in [1.54, 1.807) is 12.1 Å². The topological polar surface area (TPSA) is 71.1 Å². The van der Waals surface area contributed by atoms with Crippen LogP contribution >= 0.6 is 23.2 Å². The third kappa shape index (κ3) is 3.75. The lowest BCUT2D eigenvalue weighted by Crippen LogP contribution is -2.41. The van der Waals surface area contributed by atoms with Crippen molar-refractivity contribution in [2.24, 2.45) is 0 Å². The Labute approximate surface area is 165 Å². The second kappa shape index (κ2) is 7.18. The minimum absolute atomic E-state index is 0.183. The number of para-hydroxylation sites is 1. The molecule has 0 radical (unpaired) electrons. The molecule has 2 aromatic carbocycles. The molecule has 0 saturated heterocycles. The Morgan fingerprint density at radius 2 is 1.63 bits per heavy atom. The van der Waals surface area contributed by atoms with Crippen molar-refractivity contribution in [3.63, 3.8) is 0 Å². The van der Waals surface area contributed by atoms with Gasteiger partial charge in [-0.05, 0) is 43.2 Å². The molecule has 4 rings (SSSR count). The minimum Gasteiger partial charge on any atom is -0.267 e. The van der Waals surface area contributed by atoms with Crippen LogP contribution in [0.5, 0.6) is 0 Å². The number of hydrazine groups is 1. The minimum atomic E-state index is -0.545. The van der Waals surface area contributed by atoms with Crippen LogP contribution in [-0.4, -0.2) is 16.8 Å². The number of hydrogen-bond donors (Lipinski definition) is 2. The van der Waals surface area contributed by atoms with Crippen molar-refractivity contribution in [3.8, 4) is 0 Å². The summed E-state index contributed by atoms with van der Waals surface area (Å²) < 4.78 is 0. The highest BCUT2D eigenvalue weighted by Gasteiger charge is 2.27. The molecule has 0 unspecified atom stereocenters. The number of carbonyl (C=O) groups excluding carboxylic acids is 2. The molecule has 1 aliphatic carbocycles. The highest BCUT2D eigenvalue weighted by Crippen LogP contribution is 2.40. The molecule has 1 heterocycles. The Kier molecular flexibility index (Phi) is 4.72. The molecule has 0 aliphatic heterocycles. The number of rotatable bonds is 3. The third-order valence-corrected chi connectivity index (χ3v) is 5.00. The highest BCUT2D eigenvalue weighted by atomic mass is 35.5. The number of fused-ring (bicyclic) bond motifs is 1. The number of aromatic nitrogens is 1. The maximum Gasteiger partial charge on any atom is 0.271 e. The van der Waals surface area contributed by atoms with Crippen LogP contribution in [0.3, 0.4) is 0 Å². The van der Waals surface area contributed by atoms with Gasteiger partial charge in [-0.15, -0.1) is 0 Å². The number of hydrogen-bond acceptors (Lipinski definition) is 3. The van der Waals surface area contributed by atoms with E-state index < -0.39 is 11.8 Å². The van der Waals surface area contributed by atoms with Gasteiger partial charge >= 0.3 is 0 Å². The number of carbonyl (C=O) groups is 2. The van der Waals surface area contributed by atoms with Crippen LogP contribution in [0.15, 0.2) is 48.5 Å². The SMILES string of the molecule is O=C(NNC(=O)c1cc(C2CC2)nc2ccccc12)c1cc(Cl)ccc1Cl. The van der Waals surface area contributed by atoms with Crippen LogP contribution in [0.25, 0.3) is 10.9 Å². The van der Waals surface area contributed by atoms with Crippen molar-refractivity contribution in [1.29, 1.82) is 0 Å². The molecule has 1 saturated carbocycles. The molecule has 0 atom stereocenters. The van der Waals surface area contributed by atoms with Crippen molar-refractivity contribution in [2.45, 2.75) is 18.8 Å². The zero-order valence-corrected chi connectivity index (χ0v) is 15.6. The number of pyridine rings is 1. The third-order valence-electron chi connectivity index (χ3n) is 4.44. The summed E-state index contributed by atoms with van der Waals surface area (Å²) in [5.74, 6) is -0.556. The predicted molar refractivity (Wildman–Crippen MR) is 105 cm³/mol. The van der Waals surface area contributed by atoms with Gasteiger partial charge in [-0.1, -0.05) is 41.4 Å². The molecule has 0 spiro atoms. The first kappa shape index (κ1) is 17.8. The molecular weight excluding hydrogens is 385 g/mol. The summed E-state index contributed by atoms with van der Waals surface area (Å²) in [6.07, 6.45) is 2.16. The van der Waals surface area contributed by atoms with Gasteiger partial charge in [0.1, 0.15) is 0 Å². The summed E-state index contributed by atoms with van der Waals surface area (Å²) >= 11 is 11.9. The maximum absolute atomic E-state index is 12.7. The monoisotopic (exact) mass is 399 g/mol. The fourth-order valence-corrected chi connectivity index (χ4v) is 3.27. The van der Waals surface area contributed by atoms with E-state index in [0.29, 0.717) is 16.5 Å². The molecule has 2 amide bonds. The lowest BCUT2D eigenvalue weighted by molar-refractivity contribution is 0.0847. The Morgan fingerprint density at radius 3 is 2.37 bits per heavy atom. The van der Waals surface area contributed by atoms with Gasteiger partial charge in [-0.2, -0.15) is 0 Å². The van der Waals surface area contributed by atoms with Crippen molar-refractivity contribution in [3.05, 3.63) is 75.4 Å². The van der Waals surface area contributed by atoms with Gasteiger partial charge in [0.2, 0.25) is 0 Å². The molecular formula is C20H15Cl2N3O2. The molecule has 0 bridgehead atoms. The molecule has 1 aromatic heterocycles. The Hall–Kier alpha value is -2.63. The van der Waals surface area contributed by atoms with E-state index in [-0.39, 0.29) is 10.6 Å². The number of benzene rings is 2. The summed E-state index contributed by atoms with van der Waals surface area (Å²) in [5.41, 5.74) is 7.17. The van der Waals surface area contributed by atoms with E-state index in [0.717, 1.165) is 29.4 Å². The van der Waals surface area contributed by atoms with Gasteiger partial charge in [-0.25, -0.2) is 0 Å². The molecule has 3 aromatic rings. The average molecular weight is 400 g/mol. The summed E-state index contributed by atoms with van der Waals surface area (Å²) in [6.45, 7) is 0. The van der Waals surface area contributed by atoms with Gasteiger partial charge in [0.05, 0.1) is 21.7 Å². The van der Waals surface area contributed by atoms with Crippen LogP contribution in [0.4, 0.5) is 0 Å². The van der Waals surface area contributed by atoms with Gasteiger partial charge in [0.25, 0.3) is 11.8 Å². The molecule has 7 heteroatoms. The van der Waals surface area contributed by atoms with E-state index in [2.05, 4.69) is 15.8 Å². The Balaban J connectivity index is 1.58. The molecule has 1 aliphatic rings. The molecule has 27 heavy (non-hydrogen) atoms. The summed E-state index contributed by atoms with van der Waals surface area (Å²) in [5, 5.41) is 1.36. The molecule has 5 nitrogen and oxygen atoms in total. The van der Waals surface area contributed by atoms with Gasteiger partial charge < -0.3 is 0 Å². The van der Waals surface area contributed by atoms with Crippen molar-refractivity contribution >= 4 is 45.9 Å². The molecule has 136 valence electrons. The largest absolute Gasteiger partial charge is 0.271 e. The summed E-state index contributed by atoms with van der Waals surface area (Å²) in [6, 6.07) is 13.8. The Bertz CT molecular complexity index is 1060. The number of nitrogens with one attached hydrogen (secondary N) is 2. The highest BCUT2D eigenvalue weighted by molar-refractivity contribution is 6.35. The molecule has 1 fully saturated rings. The fourth-order valence-electron chi connectivity index (χ4n) is 2.89. The van der Waals surface area contributed by atoms with Crippen molar-refractivity contribution in [2.75, 3.05) is 0 Å². The van der Waals surface area contributed by atoms with E-state index >= 15 is 0 Å². The second-order valence-corrected chi connectivity index (χ2v) is 7.26. The second-order valence-electron chi connectivity index (χ2n) is 6.42. The van der Waals surface area contributed by atoms with E-state index in [4.69, 9.17) is 23.2 Å². The van der Waals surface area contributed by atoms with Crippen LogP contribution in [-0.2, 0) is 0 Å².